The molecule has 2 aromatic rings. The lowest BCUT2D eigenvalue weighted by Crippen LogP contribution is -2.47. The van der Waals surface area contributed by atoms with Crippen LogP contribution in [0.5, 0.6) is 0 Å². The van der Waals surface area contributed by atoms with Crippen LogP contribution in [0.4, 0.5) is 18.9 Å². The molecule has 1 amide bonds. The van der Waals surface area contributed by atoms with E-state index in [9.17, 15) is 18.0 Å². The highest BCUT2D eigenvalue weighted by atomic mass is 32.1. The van der Waals surface area contributed by atoms with Gasteiger partial charge in [-0.25, -0.2) is 0 Å². The van der Waals surface area contributed by atoms with Crippen molar-refractivity contribution in [3.63, 3.8) is 0 Å². The number of benzene rings is 1. The molecule has 8 heteroatoms. The minimum atomic E-state index is -4.31. The highest BCUT2D eigenvalue weighted by Gasteiger charge is 2.31. The van der Waals surface area contributed by atoms with E-state index in [4.69, 9.17) is 0 Å². The molecule has 2 heterocycles. The van der Waals surface area contributed by atoms with Gasteiger partial charge in [0.05, 0.1) is 11.3 Å². The summed E-state index contributed by atoms with van der Waals surface area (Å²) in [7, 11) is 0. The Bertz CT molecular complexity index is 931. The molecule has 0 bridgehead atoms. The van der Waals surface area contributed by atoms with Crippen molar-refractivity contribution in [3.05, 3.63) is 29.1 Å². The Morgan fingerprint density at radius 2 is 1.85 bits per heavy atom. The Balaban J connectivity index is 1.25. The molecule has 33 heavy (non-hydrogen) atoms. The number of anilines is 1. The molecule has 1 aliphatic heterocycles. The standard InChI is InChI=1S/C25H34F3N3OS/c1-2-31(20-7-4-3-5-8-20)24(32)9-6-12-29-13-15-30(16-14-29)22-18-33-23-17-19(25(26,27)28)10-11-21(22)23/h10-11,17-18,20H,2-9,12-16H2,1H3. The SMILES string of the molecule is CCN(C(=O)CCCN1CCN(c2csc3cc(C(F)(F)F)ccc23)CC1)C1CCCCC1. The average Bonchev–Trinajstić information content (AvgIpc) is 3.24. The number of piperazine rings is 1. The first kappa shape index (κ1) is 24.3. The molecule has 0 unspecified atom stereocenters. The highest BCUT2D eigenvalue weighted by molar-refractivity contribution is 7.17. The second kappa shape index (κ2) is 10.6. The number of fused-ring (bicyclic) bond motifs is 1. The minimum Gasteiger partial charge on any atom is -0.368 e. The molecule has 1 aromatic heterocycles. The molecule has 0 atom stereocenters. The molecular weight excluding hydrogens is 447 g/mol. The number of thiophene rings is 1. The second-order valence-electron chi connectivity index (χ2n) is 9.23. The third-order valence-corrected chi connectivity index (χ3v) is 8.07. The van der Waals surface area contributed by atoms with Gasteiger partial charge in [0.1, 0.15) is 0 Å². The van der Waals surface area contributed by atoms with Crippen LogP contribution in [0.15, 0.2) is 23.6 Å². The lowest BCUT2D eigenvalue weighted by molar-refractivity contribution is -0.137. The van der Waals surface area contributed by atoms with E-state index >= 15 is 0 Å². The monoisotopic (exact) mass is 481 g/mol. The van der Waals surface area contributed by atoms with E-state index in [0.29, 0.717) is 23.1 Å². The molecular formula is C25H34F3N3OS. The lowest BCUT2D eigenvalue weighted by Gasteiger charge is -2.36. The molecule has 2 aliphatic rings. The van der Waals surface area contributed by atoms with Crippen LogP contribution >= 0.6 is 11.3 Å². The van der Waals surface area contributed by atoms with Crippen molar-refractivity contribution in [2.45, 2.75) is 64.1 Å². The Labute approximate surface area is 198 Å². The zero-order valence-electron chi connectivity index (χ0n) is 19.4. The summed E-state index contributed by atoms with van der Waals surface area (Å²) in [5.74, 6) is 0.297. The molecule has 0 spiro atoms. The molecule has 1 aromatic carbocycles. The maximum atomic E-state index is 13.0. The topological polar surface area (TPSA) is 26.8 Å². The first-order valence-electron chi connectivity index (χ1n) is 12.2. The van der Waals surface area contributed by atoms with Crippen LogP contribution < -0.4 is 4.90 Å². The summed E-state index contributed by atoms with van der Waals surface area (Å²) in [4.78, 5) is 19.5. The largest absolute Gasteiger partial charge is 0.416 e. The third-order valence-electron chi connectivity index (χ3n) is 7.14. The summed E-state index contributed by atoms with van der Waals surface area (Å²) in [5.41, 5.74) is 0.442. The fourth-order valence-electron chi connectivity index (χ4n) is 5.28. The number of amides is 1. The van der Waals surface area contributed by atoms with Crippen LogP contribution in [0.25, 0.3) is 10.1 Å². The van der Waals surface area contributed by atoms with E-state index in [1.807, 2.05) is 5.38 Å². The Morgan fingerprint density at radius 3 is 2.52 bits per heavy atom. The average molecular weight is 482 g/mol. The van der Waals surface area contributed by atoms with Gasteiger partial charge in [-0.05, 0) is 44.9 Å². The van der Waals surface area contributed by atoms with Crippen LogP contribution in [0.2, 0.25) is 0 Å². The summed E-state index contributed by atoms with van der Waals surface area (Å²) in [6.07, 6.45) is 3.25. The van der Waals surface area contributed by atoms with Crippen molar-refractivity contribution in [2.75, 3.05) is 44.2 Å². The number of rotatable bonds is 7. The normalized spacial score (nSPS) is 18.7. The smallest absolute Gasteiger partial charge is 0.368 e. The third kappa shape index (κ3) is 5.83. The fraction of sp³-hybridized carbons (Fsp3) is 0.640. The van der Waals surface area contributed by atoms with E-state index in [0.717, 1.165) is 69.6 Å². The molecule has 1 aliphatic carbocycles. The fourth-order valence-corrected chi connectivity index (χ4v) is 6.29. The molecule has 4 rings (SSSR count). The summed E-state index contributed by atoms with van der Waals surface area (Å²) >= 11 is 1.37. The summed E-state index contributed by atoms with van der Waals surface area (Å²) in [6, 6.07) is 4.48. The second-order valence-corrected chi connectivity index (χ2v) is 10.1. The summed E-state index contributed by atoms with van der Waals surface area (Å²) in [5, 5.41) is 2.87. The molecule has 4 nitrogen and oxygen atoms in total. The van der Waals surface area contributed by atoms with Crippen LogP contribution in [0.1, 0.15) is 57.4 Å². The van der Waals surface area contributed by atoms with Crippen LogP contribution in [-0.4, -0.2) is 61.0 Å². The van der Waals surface area contributed by atoms with E-state index in [1.165, 1.54) is 42.7 Å². The van der Waals surface area contributed by atoms with Crippen molar-refractivity contribution in [3.8, 4) is 0 Å². The molecule has 0 N–H and O–H groups in total. The first-order chi connectivity index (χ1) is 15.9. The van der Waals surface area contributed by atoms with E-state index in [1.54, 1.807) is 6.07 Å². The van der Waals surface area contributed by atoms with Crippen molar-refractivity contribution < 1.29 is 18.0 Å². The van der Waals surface area contributed by atoms with Crippen LogP contribution in [-0.2, 0) is 11.0 Å². The maximum absolute atomic E-state index is 13.0. The van der Waals surface area contributed by atoms with E-state index in [-0.39, 0.29) is 0 Å². The Hall–Kier alpha value is -1.80. The van der Waals surface area contributed by atoms with Crippen LogP contribution in [0.3, 0.4) is 0 Å². The van der Waals surface area contributed by atoms with Crippen LogP contribution in [0, 0.1) is 0 Å². The molecule has 1 saturated carbocycles. The minimum absolute atomic E-state index is 0.297. The number of carbonyl (C=O) groups is 1. The number of halogens is 3. The van der Waals surface area contributed by atoms with Gasteiger partial charge in [-0.2, -0.15) is 13.2 Å². The van der Waals surface area contributed by atoms with Gasteiger partial charge in [0.25, 0.3) is 0 Å². The summed E-state index contributed by atoms with van der Waals surface area (Å²) < 4.78 is 39.7. The number of alkyl halides is 3. The number of nitrogens with zero attached hydrogens (tertiary/aromatic N) is 3. The number of hydrogen-bond donors (Lipinski definition) is 0. The van der Waals surface area contributed by atoms with Gasteiger partial charge in [-0.3, -0.25) is 9.69 Å². The van der Waals surface area contributed by atoms with Gasteiger partial charge in [-0.15, -0.1) is 11.3 Å². The van der Waals surface area contributed by atoms with Crippen molar-refractivity contribution >= 4 is 33.0 Å². The molecule has 0 radical (unpaired) electrons. The zero-order valence-corrected chi connectivity index (χ0v) is 20.2. The predicted octanol–water partition coefficient (Wildman–Crippen LogP) is 6.00. The highest BCUT2D eigenvalue weighted by Crippen LogP contribution is 2.38. The maximum Gasteiger partial charge on any atom is 0.416 e. The molecule has 2 fully saturated rings. The van der Waals surface area contributed by atoms with Crippen molar-refractivity contribution in [1.82, 2.24) is 9.80 Å². The first-order valence-corrected chi connectivity index (χ1v) is 13.1. The molecule has 182 valence electrons. The molecule has 1 saturated heterocycles. The Morgan fingerprint density at radius 1 is 1.12 bits per heavy atom. The van der Waals surface area contributed by atoms with Gasteiger partial charge >= 0.3 is 6.18 Å². The predicted molar refractivity (Wildman–Crippen MR) is 129 cm³/mol. The van der Waals surface area contributed by atoms with Gasteiger partial charge in [-0.1, -0.05) is 25.3 Å². The van der Waals surface area contributed by atoms with Gasteiger partial charge in [0.2, 0.25) is 5.91 Å². The van der Waals surface area contributed by atoms with E-state index in [2.05, 4.69) is 21.6 Å². The summed E-state index contributed by atoms with van der Waals surface area (Å²) in [6.45, 7) is 7.33. The van der Waals surface area contributed by atoms with Gasteiger partial charge < -0.3 is 9.80 Å². The number of hydrogen-bond acceptors (Lipinski definition) is 4. The van der Waals surface area contributed by atoms with Gasteiger partial charge in [0, 0.05) is 60.7 Å². The number of carbonyl (C=O) groups excluding carboxylic acids is 1. The van der Waals surface area contributed by atoms with Crippen molar-refractivity contribution in [2.24, 2.45) is 0 Å². The van der Waals surface area contributed by atoms with E-state index < -0.39 is 11.7 Å². The van der Waals surface area contributed by atoms with Gasteiger partial charge in [0.15, 0.2) is 0 Å². The van der Waals surface area contributed by atoms with Crippen molar-refractivity contribution in [1.29, 1.82) is 0 Å². The quantitative estimate of drug-likeness (QED) is 0.485. The Kier molecular flexibility index (Phi) is 7.84. The lowest BCUT2D eigenvalue weighted by atomic mass is 9.94. The zero-order chi connectivity index (χ0) is 23.4.